The van der Waals surface area contributed by atoms with E-state index in [0.717, 1.165) is 11.1 Å². The number of carbonyl (C=O) groups excluding carboxylic acids is 2. The van der Waals surface area contributed by atoms with Crippen LogP contribution < -0.4 is 5.32 Å². The predicted octanol–water partition coefficient (Wildman–Crippen LogP) is 2.82. The molecule has 0 spiro atoms. The Labute approximate surface area is 197 Å². The molecule has 2 unspecified atom stereocenters. The molecule has 4 rings (SSSR count). The van der Waals surface area contributed by atoms with Crippen LogP contribution in [0.4, 0.5) is 0 Å². The number of aromatic nitrogens is 1. The van der Waals surface area contributed by atoms with Gasteiger partial charge in [0.05, 0.1) is 18.4 Å². The monoisotopic (exact) mass is 458 g/mol. The number of nitrogens with zero attached hydrogens (tertiary/aromatic N) is 3. The highest BCUT2D eigenvalue weighted by atomic mass is 16.6. The van der Waals surface area contributed by atoms with Crippen molar-refractivity contribution in [3.63, 3.8) is 0 Å². The van der Waals surface area contributed by atoms with Crippen LogP contribution in [0.3, 0.4) is 0 Å². The van der Waals surface area contributed by atoms with E-state index >= 15 is 0 Å². The number of aliphatic hydroxyl groups excluding tert-OH is 1. The summed E-state index contributed by atoms with van der Waals surface area (Å²) >= 11 is 0. The maximum atomic E-state index is 13.3. The number of amides is 2. The fourth-order valence-electron chi connectivity index (χ4n) is 3.97. The third-order valence-electron chi connectivity index (χ3n) is 5.74. The van der Waals surface area contributed by atoms with Crippen LogP contribution >= 0.6 is 0 Å². The highest BCUT2D eigenvalue weighted by Gasteiger charge is 2.38. The van der Waals surface area contributed by atoms with Crippen LogP contribution in [0, 0.1) is 0 Å². The minimum Gasteiger partial charge on any atom is -0.399 e. The van der Waals surface area contributed by atoms with Crippen LogP contribution in [0.25, 0.3) is 11.1 Å². The molecule has 0 radical (unpaired) electrons. The van der Waals surface area contributed by atoms with Gasteiger partial charge in [0, 0.05) is 30.9 Å². The van der Waals surface area contributed by atoms with Gasteiger partial charge in [0.25, 0.3) is 5.91 Å². The summed E-state index contributed by atoms with van der Waals surface area (Å²) in [7, 11) is 1.43. The summed E-state index contributed by atoms with van der Waals surface area (Å²) in [5.74, 6) is -0.621. The fraction of sp³-hybridized carbons (Fsp3) is 0.231. The lowest BCUT2D eigenvalue weighted by Gasteiger charge is -2.24. The Balaban J connectivity index is 1.47. The van der Waals surface area contributed by atoms with Gasteiger partial charge in [-0.15, -0.1) is 0 Å². The van der Waals surface area contributed by atoms with E-state index in [1.54, 1.807) is 36.7 Å². The fourth-order valence-corrected chi connectivity index (χ4v) is 3.97. The Morgan fingerprint density at radius 2 is 1.76 bits per heavy atom. The number of likely N-dealkylation sites (tertiary alicyclic amines) is 1. The molecule has 1 saturated heterocycles. The number of pyridine rings is 1. The first kappa shape index (κ1) is 23.1. The molecule has 0 aliphatic carbocycles. The molecule has 1 aliphatic rings. The van der Waals surface area contributed by atoms with E-state index in [-0.39, 0.29) is 31.3 Å². The number of hydrogen-bond donors (Lipinski definition) is 2. The second-order valence-electron chi connectivity index (χ2n) is 7.98. The van der Waals surface area contributed by atoms with E-state index in [0.29, 0.717) is 16.8 Å². The summed E-state index contributed by atoms with van der Waals surface area (Å²) in [6.45, 7) is 0.233. The molecular formula is C26H26N4O4. The maximum absolute atomic E-state index is 13.3. The van der Waals surface area contributed by atoms with E-state index in [1.165, 1.54) is 12.0 Å². The first-order chi connectivity index (χ1) is 16.6. The van der Waals surface area contributed by atoms with Crippen molar-refractivity contribution in [2.45, 2.75) is 18.6 Å². The lowest BCUT2D eigenvalue weighted by molar-refractivity contribution is -0.125. The van der Waals surface area contributed by atoms with E-state index in [9.17, 15) is 14.7 Å². The zero-order valence-electron chi connectivity index (χ0n) is 18.8. The SMILES string of the molecule is CO/N=C1\CC(C(=O)NCC(O)c2ccccc2)N(C(=O)c2ccc(-c3ccncc3)cc2)C1. The molecule has 34 heavy (non-hydrogen) atoms. The molecule has 1 aliphatic heterocycles. The van der Waals surface area contributed by atoms with E-state index in [1.807, 2.05) is 42.5 Å². The summed E-state index contributed by atoms with van der Waals surface area (Å²) in [5, 5.41) is 17.1. The molecule has 174 valence electrons. The minimum absolute atomic E-state index is 0.0404. The number of nitrogens with one attached hydrogen (secondary N) is 1. The van der Waals surface area contributed by atoms with Crippen LogP contribution in [0.2, 0.25) is 0 Å². The quantitative estimate of drug-likeness (QED) is 0.530. The summed E-state index contributed by atoms with van der Waals surface area (Å²) in [5.41, 5.74) is 3.75. The highest BCUT2D eigenvalue weighted by molar-refractivity contribution is 6.05. The lowest BCUT2D eigenvalue weighted by Crippen LogP contribution is -2.46. The molecule has 0 bridgehead atoms. The molecule has 3 aromatic rings. The predicted molar refractivity (Wildman–Crippen MR) is 128 cm³/mol. The molecule has 2 heterocycles. The van der Waals surface area contributed by atoms with Crippen molar-refractivity contribution in [1.29, 1.82) is 0 Å². The van der Waals surface area contributed by atoms with Crippen LogP contribution in [0.1, 0.15) is 28.4 Å². The first-order valence-corrected chi connectivity index (χ1v) is 11.0. The molecule has 2 aromatic carbocycles. The van der Waals surface area contributed by atoms with Crippen molar-refractivity contribution in [3.05, 3.63) is 90.3 Å². The molecule has 1 fully saturated rings. The number of carbonyl (C=O) groups is 2. The Morgan fingerprint density at radius 1 is 1.09 bits per heavy atom. The van der Waals surface area contributed by atoms with Crippen molar-refractivity contribution < 1.29 is 19.5 Å². The summed E-state index contributed by atoms with van der Waals surface area (Å²) in [6, 6.07) is 19.4. The molecule has 2 atom stereocenters. The first-order valence-electron chi connectivity index (χ1n) is 11.0. The zero-order chi connectivity index (χ0) is 23.9. The minimum atomic E-state index is -0.844. The lowest BCUT2D eigenvalue weighted by atomic mass is 10.0. The van der Waals surface area contributed by atoms with Gasteiger partial charge in [0.15, 0.2) is 0 Å². The van der Waals surface area contributed by atoms with Gasteiger partial charge in [-0.3, -0.25) is 14.6 Å². The third kappa shape index (κ3) is 5.29. The van der Waals surface area contributed by atoms with Crippen molar-refractivity contribution in [1.82, 2.24) is 15.2 Å². The number of oxime groups is 1. The molecular weight excluding hydrogens is 432 g/mol. The number of hydrogen-bond acceptors (Lipinski definition) is 6. The van der Waals surface area contributed by atoms with Crippen LogP contribution in [0.15, 0.2) is 84.3 Å². The van der Waals surface area contributed by atoms with Gasteiger partial charge in [-0.2, -0.15) is 0 Å². The summed E-state index contributed by atoms with van der Waals surface area (Å²) < 4.78 is 0. The Hall–Kier alpha value is -4.04. The zero-order valence-corrected chi connectivity index (χ0v) is 18.8. The number of benzene rings is 2. The molecule has 2 N–H and O–H groups in total. The van der Waals surface area contributed by atoms with Gasteiger partial charge < -0.3 is 20.2 Å². The Morgan fingerprint density at radius 3 is 2.44 bits per heavy atom. The topological polar surface area (TPSA) is 104 Å². The van der Waals surface area contributed by atoms with E-state index < -0.39 is 12.1 Å². The van der Waals surface area contributed by atoms with Gasteiger partial charge in [0.1, 0.15) is 13.2 Å². The van der Waals surface area contributed by atoms with Crippen LogP contribution in [-0.2, 0) is 9.63 Å². The van der Waals surface area contributed by atoms with E-state index in [2.05, 4.69) is 15.5 Å². The van der Waals surface area contributed by atoms with Gasteiger partial charge in [-0.05, 0) is 41.0 Å². The molecule has 8 heteroatoms. The van der Waals surface area contributed by atoms with E-state index in [4.69, 9.17) is 4.84 Å². The van der Waals surface area contributed by atoms with Crippen LogP contribution in [-0.4, -0.2) is 58.8 Å². The van der Waals surface area contributed by atoms with Crippen molar-refractivity contribution in [3.8, 4) is 11.1 Å². The highest BCUT2D eigenvalue weighted by Crippen LogP contribution is 2.23. The third-order valence-corrected chi connectivity index (χ3v) is 5.74. The second-order valence-corrected chi connectivity index (χ2v) is 7.98. The van der Waals surface area contributed by atoms with Gasteiger partial charge in [-0.25, -0.2) is 0 Å². The summed E-state index contributed by atoms with van der Waals surface area (Å²) in [6.07, 6.45) is 2.85. The van der Waals surface area contributed by atoms with Crippen molar-refractivity contribution in [2.75, 3.05) is 20.2 Å². The molecule has 2 amide bonds. The normalized spacial score (nSPS) is 17.4. The van der Waals surface area contributed by atoms with Crippen LogP contribution in [0.5, 0.6) is 0 Å². The second kappa shape index (κ2) is 10.7. The van der Waals surface area contributed by atoms with Crippen molar-refractivity contribution >= 4 is 17.5 Å². The van der Waals surface area contributed by atoms with Gasteiger partial charge in [-0.1, -0.05) is 47.6 Å². The van der Waals surface area contributed by atoms with Gasteiger partial charge >= 0.3 is 0 Å². The Kier molecular flexibility index (Phi) is 7.29. The molecule has 8 nitrogen and oxygen atoms in total. The largest absolute Gasteiger partial charge is 0.399 e. The standard InChI is InChI=1S/C26H26N4O4/c1-34-29-22-15-23(25(32)28-16-24(31)20-5-3-2-4-6-20)30(17-22)26(33)21-9-7-18(8-10-21)19-11-13-27-14-12-19/h2-14,23-24,31H,15-17H2,1H3,(H,28,32)/b29-22+. The summed E-state index contributed by atoms with van der Waals surface area (Å²) in [4.78, 5) is 36.7. The average Bonchev–Trinajstić information content (AvgIpc) is 3.32. The van der Waals surface area contributed by atoms with Crippen molar-refractivity contribution in [2.24, 2.45) is 5.16 Å². The average molecular weight is 459 g/mol. The Bertz CT molecular complexity index is 1150. The molecule has 0 saturated carbocycles. The maximum Gasteiger partial charge on any atom is 0.254 e. The molecule has 1 aromatic heterocycles. The number of aliphatic hydroxyl groups is 1. The smallest absolute Gasteiger partial charge is 0.254 e. The number of rotatable bonds is 7. The van der Waals surface area contributed by atoms with Gasteiger partial charge in [0.2, 0.25) is 5.91 Å².